The molecule has 0 aliphatic heterocycles. The van der Waals surface area contributed by atoms with E-state index in [0.717, 1.165) is 38.6 Å². The molecule has 0 saturated carbocycles. The highest BCUT2D eigenvalue weighted by Gasteiger charge is 2.18. The summed E-state index contributed by atoms with van der Waals surface area (Å²) < 4.78 is 13.6. The minimum absolute atomic E-state index is 0.314. The van der Waals surface area contributed by atoms with Gasteiger partial charge in [-0.15, -0.1) is 0 Å². The van der Waals surface area contributed by atoms with Gasteiger partial charge in [-0.05, 0) is 55.0 Å². The molecule has 0 fully saturated rings. The largest absolute Gasteiger partial charge is 0.479 e. The molecule has 176 valence electrons. The second kappa shape index (κ2) is 9.99. The number of hydrogen-bond donors (Lipinski definition) is 1. The van der Waals surface area contributed by atoms with Crippen LogP contribution >= 0.6 is 0 Å². The highest BCUT2D eigenvalue weighted by atomic mass is 16.5. The lowest BCUT2D eigenvalue weighted by atomic mass is 10.1. The third-order valence-corrected chi connectivity index (χ3v) is 6.08. The van der Waals surface area contributed by atoms with Gasteiger partial charge in [-0.2, -0.15) is 0 Å². The zero-order valence-corrected chi connectivity index (χ0v) is 19.4. The van der Waals surface area contributed by atoms with Crippen LogP contribution in [0.5, 0.6) is 5.75 Å². The maximum Gasteiger partial charge on any atom is 0.333 e. The number of hydrogen-bond acceptors (Lipinski definition) is 4. The van der Waals surface area contributed by atoms with Crippen LogP contribution in [0.25, 0.3) is 33.1 Å². The van der Waals surface area contributed by atoms with Crippen molar-refractivity contribution in [2.24, 2.45) is 0 Å². The minimum Gasteiger partial charge on any atom is -0.479 e. The molecule has 0 saturated heterocycles. The molecule has 5 aromatic rings. The second-order valence-electron chi connectivity index (χ2n) is 8.30. The third-order valence-electron chi connectivity index (χ3n) is 6.08. The van der Waals surface area contributed by atoms with Gasteiger partial charge in [-0.25, -0.2) is 4.79 Å². The van der Waals surface area contributed by atoms with E-state index in [2.05, 4.69) is 39.9 Å². The summed E-state index contributed by atoms with van der Waals surface area (Å²) >= 11 is 0. The van der Waals surface area contributed by atoms with Crippen LogP contribution in [-0.4, -0.2) is 33.3 Å². The summed E-state index contributed by atoms with van der Waals surface area (Å²) in [6.45, 7) is 2.50. The van der Waals surface area contributed by atoms with Gasteiger partial charge in [0, 0.05) is 35.6 Å². The molecule has 5 rings (SSSR count). The summed E-state index contributed by atoms with van der Waals surface area (Å²) in [5.41, 5.74) is 5.08. The SMILES string of the molecule is CCOC(Cc1ccc(OCn2c3ccccc3c3cc(-c4ccccn4)ccc32)cc1)C(=O)O. The fourth-order valence-electron chi connectivity index (χ4n) is 4.38. The van der Waals surface area contributed by atoms with E-state index in [1.165, 1.54) is 0 Å². The summed E-state index contributed by atoms with van der Waals surface area (Å²) in [6, 6.07) is 28.1. The highest BCUT2D eigenvalue weighted by molar-refractivity contribution is 6.09. The van der Waals surface area contributed by atoms with Gasteiger partial charge in [0.05, 0.1) is 16.7 Å². The number of carbonyl (C=O) groups is 1. The summed E-state index contributed by atoms with van der Waals surface area (Å²) in [5.74, 6) is -0.238. The summed E-state index contributed by atoms with van der Waals surface area (Å²) in [5, 5.41) is 11.6. The second-order valence-corrected chi connectivity index (χ2v) is 8.30. The van der Waals surface area contributed by atoms with Gasteiger partial charge in [0.2, 0.25) is 0 Å². The van der Waals surface area contributed by atoms with Crippen LogP contribution in [0, 0.1) is 0 Å². The number of aromatic nitrogens is 2. The van der Waals surface area contributed by atoms with E-state index in [9.17, 15) is 9.90 Å². The molecule has 1 atom stereocenters. The number of fused-ring (bicyclic) bond motifs is 3. The molecule has 35 heavy (non-hydrogen) atoms. The van der Waals surface area contributed by atoms with Crippen LogP contribution in [0.2, 0.25) is 0 Å². The molecule has 6 heteroatoms. The molecule has 1 unspecified atom stereocenters. The van der Waals surface area contributed by atoms with Gasteiger partial charge >= 0.3 is 5.97 Å². The topological polar surface area (TPSA) is 73.6 Å². The number of benzene rings is 3. The summed E-state index contributed by atoms with van der Waals surface area (Å²) in [4.78, 5) is 15.8. The normalized spacial score (nSPS) is 12.1. The molecule has 3 aromatic carbocycles. The van der Waals surface area contributed by atoms with Gasteiger partial charge < -0.3 is 19.1 Å². The molecule has 2 aromatic heterocycles. The summed E-state index contributed by atoms with van der Waals surface area (Å²) in [6.07, 6.45) is 1.27. The monoisotopic (exact) mass is 466 g/mol. The molecule has 6 nitrogen and oxygen atoms in total. The first-order chi connectivity index (χ1) is 17.1. The van der Waals surface area contributed by atoms with Gasteiger partial charge in [0.15, 0.2) is 12.8 Å². The van der Waals surface area contributed by atoms with E-state index in [1.54, 1.807) is 13.1 Å². The van der Waals surface area contributed by atoms with E-state index >= 15 is 0 Å². The van der Waals surface area contributed by atoms with Crippen molar-refractivity contribution in [1.29, 1.82) is 0 Å². The van der Waals surface area contributed by atoms with Crippen molar-refractivity contribution in [3.8, 4) is 17.0 Å². The number of carboxylic acid groups (broad SMARTS) is 1. The third kappa shape index (κ3) is 4.74. The average Bonchev–Trinajstić information content (AvgIpc) is 3.21. The lowest BCUT2D eigenvalue weighted by Crippen LogP contribution is -2.26. The molecular weight excluding hydrogens is 440 g/mol. The lowest BCUT2D eigenvalue weighted by molar-refractivity contribution is -0.149. The Balaban J connectivity index is 1.40. The molecule has 0 radical (unpaired) electrons. The fraction of sp³-hybridized carbons (Fsp3) is 0.172. The van der Waals surface area contributed by atoms with Crippen LogP contribution in [0.15, 0.2) is 91.1 Å². The maximum atomic E-state index is 11.4. The van der Waals surface area contributed by atoms with E-state index in [4.69, 9.17) is 9.47 Å². The smallest absolute Gasteiger partial charge is 0.333 e. The van der Waals surface area contributed by atoms with Crippen LogP contribution in [0.1, 0.15) is 12.5 Å². The molecular formula is C29H26N2O4. The first-order valence-corrected chi connectivity index (χ1v) is 11.6. The fourth-order valence-corrected chi connectivity index (χ4v) is 4.38. The van der Waals surface area contributed by atoms with E-state index < -0.39 is 12.1 Å². The maximum absolute atomic E-state index is 11.4. The predicted molar refractivity (Wildman–Crippen MR) is 136 cm³/mol. The Labute approximate surface area is 203 Å². The van der Waals surface area contributed by atoms with E-state index in [-0.39, 0.29) is 0 Å². The van der Waals surface area contributed by atoms with Crippen molar-refractivity contribution in [1.82, 2.24) is 9.55 Å². The molecule has 0 aliphatic rings. The van der Waals surface area contributed by atoms with Crippen LogP contribution in [0.4, 0.5) is 0 Å². The Hall–Kier alpha value is -4.16. The van der Waals surface area contributed by atoms with Crippen molar-refractivity contribution in [2.75, 3.05) is 6.61 Å². The molecule has 0 bridgehead atoms. The van der Waals surface area contributed by atoms with Crippen molar-refractivity contribution < 1.29 is 19.4 Å². The molecule has 0 spiro atoms. The molecule has 0 aliphatic carbocycles. The van der Waals surface area contributed by atoms with E-state index in [1.807, 2.05) is 54.6 Å². The number of carboxylic acids is 1. The predicted octanol–water partition coefficient (Wildman–Crippen LogP) is 5.93. The number of pyridine rings is 1. The molecule has 2 heterocycles. The average molecular weight is 467 g/mol. The zero-order valence-electron chi connectivity index (χ0n) is 19.4. The van der Waals surface area contributed by atoms with Crippen LogP contribution < -0.4 is 4.74 Å². The Morgan fingerprint density at radius 1 is 0.943 bits per heavy atom. The Kier molecular flexibility index (Phi) is 6.46. The van der Waals surface area contributed by atoms with Gasteiger partial charge in [-0.1, -0.05) is 42.5 Å². The number of para-hydroxylation sites is 1. The molecule has 1 N–H and O–H groups in total. The van der Waals surface area contributed by atoms with Gasteiger partial charge in [-0.3, -0.25) is 4.98 Å². The van der Waals surface area contributed by atoms with Crippen molar-refractivity contribution in [3.05, 3.63) is 96.7 Å². The summed E-state index contributed by atoms with van der Waals surface area (Å²) in [7, 11) is 0. The van der Waals surface area contributed by atoms with E-state index in [0.29, 0.717) is 25.5 Å². The number of aliphatic carboxylic acids is 1. The Bertz CT molecular complexity index is 1460. The van der Waals surface area contributed by atoms with Gasteiger partial charge in [0.25, 0.3) is 0 Å². The van der Waals surface area contributed by atoms with Crippen molar-refractivity contribution in [3.63, 3.8) is 0 Å². The van der Waals surface area contributed by atoms with Crippen molar-refractivity contribution >= 4 is 27.8 Å². The highest BCUT2D eigenvalue weighted by Crippen LogP contribution is 2.32. The first kappa shape index (κ1) is 22.6. The number of rotatable bonds is 9. The first-order valence-electron chi connectivity index (χ1n) is 11.6. The lowest BCUT2D eigenvalue weighted by Gasteiger charge is -2.13. The number of ether oxygens (including phenoxy) is 2. The minimum atomic E-state index is -0.954. The quantitative estimate of drug-likeness (QED) is 0.292. The molecule has 0 amide bonds. The zero-order chi connectivity index (χ0) is 24.2. The Morgan fingerprint density at radius 2 is 1.71 bits per heavy atom. The van der Waals surface area contributed by atoms with Crippen molar-refractivity contribution in [2.45, 2.75) is 26.2 Å². The standard InChI is InChI=1S/C29H26N2O4/c1-2-34-28(29(32)33)17-20-10-13-22(14-11-20)35-19-31-26-9-4-3-7-23(26)24-18-21(12-15-27(24)31)25-8-5-6-16-30-25/h3-16,18,28H,2,17,19H2,1H3,(H,32,33). The van der Waals surface area contributed by atoms with Crippen LogP contribution in [0.3, 0.4) is 0 Å². The van der Waals surface area contributed by atoms with Crippen LogP contribution in [-0.2, 0) is 22.7 Å². The van der Waals surface area contributed by atoms with Gasteiger partial charge in [0.1, 0.15) is 5.75 Å². The Morgan fingerprint density at radius 3 is 2.46 bits per heavy atom. The number of nitrogens with zero attached hydrogens (tertiary/aromatic N) is 2.